The normalized spacial score (nSPS) is 21.7. The van der Waals surface area contributed by atoms with Crippen LogP contribution in [0.5, 0.6) is 0 Å². The van der Waals surface area contributed by atoms with Crippen LogP contribution in [0.3, 0.4) is 0 Å². The van der Waals surface area contributed by atoms with E-state index in [1.807, 2.05) is 0 Å². The van der Waals surface area contributed by atoms with Crippen molar-refractivity contribution in [2.24, 2.45) is 11.8 Å². The fraction of sp³-hybridized carbons (Fsp3) is 0.500. The van der Waals surface area contributed by atoms with Gasteiger partial charge >= 0.3 is 12.1 Å². The topological polar surface area (TPSA) is 40.5 Å². The number of carbonyl (C=O) groups is 1. The number of alkyl halides is 3. The van der Waals surface area contributed by atoms with Gasteiger partial charge in [-0.2, -0.15) is 13.2 Å². The molecule has 0 aliphatic carbocycles. The number of carboxylic acid groups (broad SMARTS) is 1. The van der Waals surface area contributed by atoms with Crippen molar-refractivity contribution in [3.05, 3.63) is 65.2 Å². The second-order valence-electron chi connectivity index (χ2n) is 9.10. The highest BCUT2D eigenvalue weighted by Gasteiger charge is 2.40. The highest BCUT2D eigenvalue weighted by Crippen LogP contribution is 2.46. The van der Waals surface area contributed by atoms with Gasteiger partial charge in [0.2, 0.25) is 0 Å². The van der Waals surface area contributed by atoms with Gasteiger partial charge in [0.1, 0.15) is 0 Å². The molecular weight excluding hydrogens is 415 g/mol. The average molecular weight is 448 g/mol. The third-order valence-electron chi connectivity index (χ3n) is 6.62. The number of carboxylic acids is 1. The second-order valence-corrected chi connectivity index (χ2v) is 9.10. The molecule has 2 aromatic rings. The molecule has 1 heterocycles. The van der Waals surface area contributed by atoms with Crippen LogP contribution in [-0.4, -0.2) is 17.6 Å². The standard InChI is InChI=1S/C26H32F3NO2/c1-4-5-23-20(16-24(31)32)14-15-30(22-12-8-18(9-13-22)17(2)3)25(23)19-6-10-21(11-7-19)26(27,28)29/h6-13,17,20,23,25H,4-5,14-16H2,1-3H3,(H,31,32)/t20-,23-,25+/m1/s1. The van der Waals surface area contributed by atoms with Gasteiger partial charge in [0, 0.05) is 18.7 Å². The minimum absolute atomic E-state index is 0.00840. The number of nitrogens with zero attached hydrogens (tertiary/aromatic N) is 1. The second kappa shape index (κ2) is 9.97. The van der Waals surface area contributed by atoms with Crippen LogP contribution < -0.4 is 4.90 Å². The van der Waals surface area contributed by atoms with Gasteiger partial charge in [-0.25, -0.2) is 0 Å². The van der Waals surface area contributed by atoms with Gasteiger partial charge in [-0.1, -0.05) is 51.5 Å². The molecule has 1 N–H and O–H groups in total. The summed E-state index contributed by atoms with van der Waals surface area (Å²) in [6.45, 7) is 7.01. The van der Waals surface area contributed by atoms with Crippen LogP contribution in [0.4, 0.5) is 18.9 Å². The third-order valence-corrected chi connectivity index (χ3v) is 6.62. The maximum Gasteiger partial charge on any atom is 0.416 e. The molecule has 6 heteroatoms. The highest BCUT2D eigenvalue weighted by atomic mass is 19.4. The van der Waals surface area contributed by atoms with E-state index in [4.69, 9.17) is 0 Å². The molecule has 0 radical (unpaired) electrons. The van der Waals surface area contributed by atoms with E-state index in [0.717, 1.165) is 42.6 Å². The monoisotopic (exact) mass is 447 g/mol. The Balaban J connectivity index is 2.03. The molecule has 1 saturated heterocycles. The van der Waals surface area contributed by atoms with Crippen LogP contribution in [0.15, 0.2) is 48.5 Å². The van der Waals surface area contributed by atoms with Crippen molar-refractivity contribution in [2.45, 2.75) is 64.6 Å². The molecule has 0 saturated carbocycles. The molecule has 3 atom stereocenters. The Hall–Kier alpha value is -2.50. The summed E-state index contributed by atoms with van der Waals surface area (Å²) < 4.78 is 39.4. The number of halogens is 3. The lowest BCUT2D eigenvalue weighted by atomic mass is 9.73. The molecule has 0 amide bonds. The Labute approximate surface area is 188 Å². The van der Waals surface area contributed by atoms with Crippen LogP contribution in [0.2, 0.25) is 0 Å². The maximum absolute atomic E-state index is 13.1. The number of rotatable bonds is 7. The summed E-state index contributed by atoms with van der Waals surface area (Å²) in [7, 11) is 0. The van der Waals surface area contributed by atoms with E-state index < -0.39 is 17.7 Å². The lowest BCUT2D eigenvalue weighted by molar-refractivity contribution is -0.139. The molecule has 0 unspecified atom stereocenters. The molecule has 32 heavy (non-hydrogen) atoms. The van der Waals surface area contributed by atoms with Gasteiger partial charge in [-0.05, 0) is 66.0 Å². The fourth-order valence-electron chi connectivity index (χ4n) is 4.99. The Morgan fingerprint density at radius 3 is 2.22 bits per heavy atom. The first-order chi connectivity index (χ1) is 15.1. The van der Waals surface area contributed by atoms with Crippen molar-refractivity contribution in [2.75, 3.05) is 11.4 Å². The molecule has 174 valence electrons. The number of anilines is 1. The first-order valence-electron chi connectivity index (χ1n) is 11.4. The summed E-state index contributed by atoms with van der Waals surface area (Å²) in [6, 6.07) is 13.6. The summed E-state index contributed by atoms with van der Waals surface area (Å²) in [5, 5.41) is 9.46. The van der Waals surface area contributed by atoms with E-state index in [9.17, 15) is 23.1 Å². The number of hydrogen-bond donors (Lipinski definition) is 1. The summed E-state index contributed by atoms with van der Waals surface area (Å²) >= 11 is 0. The molecule has 0 aromatic heterocycles. The molecular formula is C26H32F3NO2. The van der Waals surface area contributed by atoms with E-state index in [1.54, 1.807) is 12.1 Å². The number of benzene rings is 2. The van der Waals surface area contributed by atoms with Crippen LogP contribution in [-0.2, 0) is 11.0 Å². The van der Waals surface area contributed by atoms with Crippen molar-refractivity contribution >= 4 is 11.7 Å². The molecule has 0 bridgehead atoms. The van der Waals surface area contributed by atoms with E-state index in [0.29, 0.717) is 12.5 Å². The SMILES string of the molecule is CCC[C@@H]1[C@@H](CC(=O)O)CCN(c2ccc(C(C)C)cc2)[C@H]1c1ccc(C(F)(F)F)cc1. The van der Waals surface area contributed by atoms with Crippen molar-refractivity contribution in [1.82, 2.24) is 0 Å². The van der Waals surface area contributed by atoms with Gasteiger partial charge in [0.25, 0.3) is 0 Å². The molecule has 3 nitrogen and oxygen atoms in total. The summed E-state index contributed by atoms with van der Waals surface area (Å²) in [5.74, 6) is -0.377. The fourth-order valence-corrected chi connectivity index (χ4v) is 4.99. The zero-order chi connectivity index (χ0) is 23.5. The van der Waals surface area contributed by atoms with Gasteiger partial charge in [0.15, 0.2) is 0 Å². The van der Waals surface area contributed by atoms with Crippen LogP contribution >= 0.6 is 0 Å². The van der Waals surface area contributed by atoms with Crippen molar-refractivity contribution < 1.29 is 23.1 Å². The lowest BCUT2D eigenvalue weighted by Crippen LogP contribution is -2.44. The molecule has 1 fully saturated rings. The summed E-state index contributed by atoms with van der Waals surface area (Å²) in [6.07, 6.45) is -1.84. The van der Waals surface area contributed by atoms with Crippen LogP contribution in [0.25, 0.3) is 0 Å². The van der Waals surface area contributed by atoms with E-state index in [2.05, 4.69) is 49.9 Å². The quantitative estimate of drug-likeness (QED) is 0.485. The van der Waals surface area contributed by atoms with E-state index in [1.165, 1.54) is 5.56 Å². The number of piperidine rings is 1. The predicted octanol–water partition coefficient (Wildman–Crippen LogP) is 7.29. The average Bonchev–Trinajstić information content (AvgIpc) is 2.74. The van der Waals surface area contributed by atoms with Gasteiger partial charge in [-0.3, -0.25) is 4.79 Å². The lowest BCUT2D eigenvalue weighted by Gasteiger charge is -2.47. The maximum atomic E-state index is 13.1. The van der Waals surface area contributed by atoms with Crippen molar-refractivity contribution in [3.8, 4) is 0 Å². The Morgan fingerprint density at radius 1 is 1.09 bits per heavy atom. The molecule has 3 rings (SSSR count). The summed E-state index contributed by atoms with van der Waals surface area (Å²) in [4.78, 5) is 13.8. The minimum Gasteiger partial charge on any atom is -0.481 e. The zero-order valence-electron chi connectivity index (χ0n) is 18.9. The van der Waals surface area contributed by atoms with Gasteiger partial charge < -0.3 is 10.0 Å². The molecule has 1 aliphatic rings. The van der Waals surface area contributed by atoms with Gasteiger partial charge in [0.05, 0.1) is 11.6 Å². The van der Waals surface area contributed by atoms with Crippen LogP contribution in [0.1, 0.15) is 75.1 Å². The number of aliphatic carboxylic acids is 1. The van der Waals surface area contributed by atoms with Crippen molar-refractivity contribution in [1.29, 1.82) is 0 Å². The van der Waals surface area contributed by atoms with Crippen molar-refractivity contribution in [3.63, 3.8) is 0 Å². The zero-order valence-corrected chi connectivity index (χ0v) is 18.9. The summed E-state index contributed by atoms with van der Waals surface area (Å²) in [5.41, 5.74) is 2.39. The van der Waals surface area contributed by atoms with Gasteiger partial charge in [-0.15, -0.1) is 0 Å². The number of hydrogen-bond acceptors (Lipinski definition) is 2. The first-order valence-corrected chi connectivity index (χ1v) is 11.4. The largest absolute Gasteiger partial charge is 0.481 e. The molecule has 2 aromatic carbocycles. The minimum atomic E-state index is -4.38. The third kappa shape index (κ3) is 5.45. The van der Waals surface area contributed by atoms with E-state index >= 15 is 0 Å². The predicted molar refractivity (Wildman–Crippen MR) is 121 cm³/mol. The van der Waals surface area contributed by atoms with E-state index in [-0.39, 0.29) is 24.3 Å². The highest BCUT2D eigenvalue weighted by molar-refractivity contribution is 5.67. The molecule has 1 aliphatic heterocycles. The van der Waals surface area contributed by atoms with Crippen LogP contribution in [0, 0.1) is 11.8 Å². The Kier molecular flexibility index (Phi) is 7.52. The first kappa shape index (κ1) is 24.1. The Bertz CT molecular complexity index is 891. The Morgan fingerprint density at radius 2 is 1.72 bits per heavy atom. The smallest absolute Gasteiger partial charge is 0.416 e. The molecule has 0 spiro atoms.